The van der Waals surface area contributed by atoms with Crippen molar-refractivity contribution in [2.24, 2.45) is 5.92 Å². The van der Waals surface area contributed by atoms with E-state index in [0.29, 0.717) is 54.9 Å². The number of likely N-dealkylation sites (N-methyl/N-ethyl adjacent to an activating group) is 1. The van der Waals surface area contributed by atoms with Gasteiger partial charge in [-0.15, -0.1) is 13.2 Å². The highest BCUT2D eigenvalue weighted by Gasteiger charge is 2.47. The highest BCUT2D eigenvalue weighted by Crippen LogP contribution is 2.57. The van der Waals surface area contributed by atoms with Crippen molar-refractivity contribution in [3.05, 3.63) is 108 Å². The molecule has 0 bridgehead atoms. The van der Waals surface area contributed by atoms with Gasteiger partial charge in [-0.1, -0.05) is 41.9 Å². The molecule has 1 aromatic heterocycles. The standard InChI is InChI=1S/C37H38ClN5O6.C2H4/c1-24-31(38)10-5-12-33(24)49-14-6-13-34(45)43-20-26-16-30(26)37-29(9-4-11-32(37)43)27-17-39-42(19-27)18-25-7-3-8-28(15-25)40(2)35(46)21-41(23-44)22-36(47)48;1-2/h3-5,7-12,15,17,19,23,26,30H,6,13-14,16,18,20-22H2,1-2H3,(H,47,48);1-2H2. The maximum absolute atomic E-state index is 13.5. The van der Waals surface area contributed by atoms with E-state index in [0.717, 1.165) is 51.6 Å². The van der Waals surface area contributed by atoms with E-state index >= 15 is 0 Å². The van der Waals surface area contributed by atoms with E-state index in [4.69, 9.17) is 21.4 Å². The third kappa shape index (κ3) is 8.67. The van der Waals surface area contributed by atoms with Gasteiger partial charge >= 0.3 is 5.97 Å². The molecular formula is C39H42ClN5O6. The van der Waals surface area contributed by atoms with Crippen LogP contribution in [-0.4, -0.2) is 77.3 Å². The number of nitrogens with zero attached hydrogens (tertiary/aromatic N) is 5. The number of benzene rings is 3. The average Bonchev–Trinajstić information content (AvgIpc) is 3.79. The molecule has 2 aliphatic rings. The Morgan fingerprint density at radius 3 is 2.63 bits per heavy atom. The number of carbonyl (C=O) groups is 4. The molecule has 4 aromatic rings. The van der Waals surface area contributed by atoms with E-state index < -0.39 is 18.4 Å². The van der Waals surface area contributed by atoms with Crippen LogP contribution in [0.25, 0.3) is 11.1 Å². The Balaban J connectivity index is 0.00000248. The quantitative estimate of drug-likeness (QED) is 0.0942. The van der Waals surface area contributed by atoms with Crippen LogP contribution in [0.15, 0.2) is 86.2 Å². The number of aliphatic carboxylic acids is 1. The van der Waals surface area contributed by atoms with Crippen LogP contribution < -0.4 is 14.5 Å². The van der Waals surface area contributed by atoms with Crippen molar-refractivity contribution < 1.29 is 29.0 Å². The Kier molecular flexibility index (Phi) is 11.9. The second-order valence-corrected chi connectivity index (χ2v) is 13.0. The van der Waals surface area contributed by atoms with Crippen molar-refractivity contribution in [2.75, 3.05) is 43.1 Å². The predicted octanol–water partition coefficient (Wildman–Crippen LogP) is 6.18. The number of carbonyl (C=O) groups excluding carboxylic acids is 3. The van der Waals surface area contributed by atoms with Gasteiger partial charge in [-0.3, -0.25) is 23.9 Å². The van der Waals surface area contributed by atoms with Crippen LogP contribution in [0.4, 0.5) is 11.4 Å². The molecule has 1 aliphatic carbocycles. The van der Waals surface area contributed by atoms with E-state index in [9.17, 15) is 19.2 Å². The molecule has 1 fully saturated rings. The predicted molar refractivity (Wildman–Crippen MR) is 197 cm³/mol. The average molecular weight is 712 g/mol. The summed E-state index contributed by atoms with van der Waals surface area (Å²) >= 11 is 6.21. The van der Waals surface area contributed by atoms with Gasteiger partial charge in [-0.25, -0.2) is 0 Å². The van der Waals surface area contributed by atoms with Crippen molar-refractivity contribution in [2.45, 2.75) is 38.6 Å². The number of ether oxygens (including phenoxy) is 1. The molecule has 2 atom stereocenters. The summed E-state index contributed by atoms with van der Waals surface area (Å²) in [5.41, 5.74) is 6.64. The molecule has 2 heterocycles. The number of halogens is 1. The number of aromatic nitrogens is 2. The zero-order valence-corrected chi connectivity index (χ0v) is 29.6. The molecule has 0 spiro atoms. The van der Waals surface area contributed by atoms with E-state index in [1.54, 1.807) is 13.1 Å². The molecule has 2 unspecified atom stereocenters. The minimum absolute atomic E-state index is 0.0925. The molecule has 12 heteroatoms. The third-order valence-electron chi connectivity index (χ3n) is 9.18. The zero-order valence-electron chi connectivity index (χ0n) is 28.8. The Bertz CT molecular complexity index is 1910. The zero-order chi connectivity index (χ0) is 36.7. The Labute approximate surface area is 302 Å². The lowest BCUT2D eigenvalue weighted by atomic mass is 9.92. The fourth-order valence-corrected chi connectivity index (χ4v) is 6.62. The first-order chi connectivity index (χ1) is 24.6. The van der Waals surface area contributed by atoms with Gasteiger partial charge in [0.2, 0.25) is 18.2 Å². The monoisotopic (exact) mass is 711 g/mol. The first-order valence-electron chi connectivity index (χ1n) is 16.7. The van der Waals surface area contributed by atoms with Gasteiger partial charge in [0.15, 0.2) is 0 Å². The van der Waals surface area contributed by atoms with Crippen LogP contribution in [0.1, 0.15) is 41.9 Å². The number of amides is 3. The normalized spacial score (nSPS) is 15.4. The Morgan fingerprint density at radius 2 is 1.86 bits per heavy atom. The van der Waals surface area contributed by atoms with Crippen molar-refractivity contribution in [3.63, 3.8) is 0 Å². The first kappa shape index (κ1) is 36.9. The lowest BCUT2D eigenvalue weighted by Crippen LogP contribution is -2.40. The second kappa shape index (κ2) is 16.5. The van der Waals surface area contributed by atoms with Gasteiger partial charge in [-0.05, 0) is 78.6 Å². The number of anilines is 2. The lowest BCUT2D eigenvalue weighted by Gasteiger charge is -2.30. The summed E-state index contributed by atoms with van der Waals surface area (Å²) in [4.78, 5) is 52.7. The molecule has 1 aliphatic heterocycles. The van der Waals surface area contributed by atoms with E-state index in [2.05, 4.69) is 24.3 Å². The molecule has 3 amide bonds. The van der Waals surface area contributed by atoms with Crippen LogP contribution >= 0.6 is 11.6 Å². The number of hydrogen-bond donors (Lipinski definition) is 1. The Hall–Kier alpha value is -5.42. The van der Waals surface area contributed by atoms with Gasteiger partial charge in [0.05, 0.1) is 19.3 Å². The summed E-state index contributed by atoms with van der Waals surface area (Å²) in [6.07, 6.45) is 6.24. The number of fused-ring (bicyclic) bond motifs is 3. The number of carboxylic acid groups (broad SMARTS) is 1. The minimum Gasteiger partial charge on any atom is -0.493 e. The van der Waals surface area contributed by atoms with Gasteiger partial charge in [0, 0.05) is 53.7 Å². The molecule has 0 saturated heterocycles. The van der Waals surface area contributed by atoms with Crippen LogP contribution in [-0.2, 0) is 25.7 Å². The number of rotatable bonds is 14. The van der Waals surface area contributed by atoms with Crippen molar-refractivity contribution >= 4 is 47.2 Å². The van der Waals surface area contributed by atoms with E-state index in [-0.39, 0.29) is 12.5 Å². The molecule has 1 saturated carbocycles. The van der Waals surface area contributed by atoms with Gasteiger partial charge in [0.1, 0.15) is 18.8 Å². The van der Waals surface area contributed by atoms with Crippen LogP contribution in [0, 0.1) is 12.8 Å². The van der Waals surface area contributed by atoms with Gasteiger partial charge in [-0.2, -0.15) is 5.10 Å². The fraction of sp³-hybridized carbons (Fsp3) is 0.308. The molecule has 11 nitrogen and oxygen atoms in total. The maximum Gasteiger partial charge on any atom is 0.323 e. The highest BCUT2D eigenvalue weighted by molar-refractivity contribution is 6.31. The largest absolute Gasteiger partial charge is 0.493 e. The summed E-state index contributed by atoms with van der Waals surface area (Å²) in [7, 11) is 1.59. The maximum atomic E-state index is 13.5. The summed E-state index contributed by atoms with van der Waals surface area (Å²) in [5.74, 6) is 0.0970. The minimum atomic E-state index is -1.19. The number of hydrogen-bond acceptors (Lipinski definition) is 6. The smallest absolute Gasteiger partial charge is 0.323 e. The van der Waals surface area contributed by atoms with Crippen LogP contribution in [0.2, 0.25) is 5.02 Å². The molecule has 1 N–H and O–H groups in total. The third-order valence-corrected chi connectivity index (χ3v) is 9.59. The van der Waals surface area contributed by atoms with Crippen molar-refractivity contribution in [1.29, 1.82) is 0 Å². The SMILES string of the molecule is C=C.Cc1c(Cl)cccc1OCCCC(=O)N1CC2CC2c2c(-c3cnn(Cc4cccc(N(C)C(=O)CN(C=O)CC(=O)O)c4)c3)cccc21. The number of carboxylic acids is 1. The summed E-state index contributed by atoms with van der Waals surface area (Å²) < 4.78 is 7.76. The van der Waals surface area contributed by atoms with Crippen LogP contribution in [0.3, 0.4) is 0 Å². The first-order valence-corrected chi connectivity index (χ1v) is 17.1. The molecular weight excluding hydrogens is 670 g/mol. The topological polar surface area (TPSA) is 125 Å². The highest BCUT2D eigenvalue weighted by atomic mass is 35.5. The summed E-state index contributed by atoms with van der Waals surface area (Å²) in [5, 5.41) is 14.3. The Morgan fingerprint density at radius 1 is 1.10 bits per heavy atom. The van der Waals surface area contributed by atoms with Crippen molar-refractivity contribution in [3.8, 4) is 16.9 Å². The van der Waals surface area contributed by atoms with Gasteiger partial charge in [0.25, 0.3) is 0 Å². The fourth-order valence-electron chi connectivity index (χ4n) is 6.45. The molecule has 6 rings (SSSR count). The molecule has 51 heavy (non-hydrogen) atoms. The van der Waals surface area contributed by atoms with Gasteiger partial charge < -0.3 is 24.5 Å². The van der Waals surface area contributed by atoms with E-state index in [1.165, 1.54) is 10.5 Å². The molecule has 0 radical (unpaired) electrons. The van der Waals surface area contributed by atoms with Crippen molar-refractivity contribution in [1.82, 2.24) is 14.7 Å². The van der Waals surface area contributed by atoms with E-state index in [1.807, 2.05) is 77.4 Å². The van der Waals surface area contributed by atoms with Crippen LogP contribution in [0.5, 0.6) is 5.75 Å². The summed E-state index contributed by atoms with van der Waals surface area (Å²) in [6, 6.07) is 19.1. The summed E-state index contributed by atoms with van der Waals surface area (Å²) in [6.45, 7) is 8.64. The lowest BCUT2D eigenvalue weighted by molar-refractivity contribution is -0.141. The molecule has 3 aromatic carbocycles. The molecule has 266 valence electrons. The second-order valence-electron chi connectivity index (χ2n) is 12.6.